The minimum atomic E-state index is -1.19. The van der Waals surface area contributed by atoms with Crippen molar-refractivity contribution < 1.29 is 29.2 Å². The van der Waals surface area contributed by atoms with Crippen molar-refractivity contribution >= 4 is 5.97 Å². The lowest BCUT2D eigenvalue weighted by Crippen LogP contribution is -2.32. The Morgan fingerprint density at radius 1 is 0.688 bits per heavy atom. The summed E-state index contributed by atoms with van der Waals surface area (Å²) in [4.78, 5) is 12.8. The summed E-state index contributed by atoms with van der Waals surface area (Å²) in [6.07, 6.45) is 0. The van der Waals surface area contributed by atoms with E-state index in [4.69, 9.17) is 14.2 Å². The number of carbonyl (C=O) groups is 1. The van der Waals surface area contributed by atoms with Gasteiger partial charge in [-0.1, -0.05) is 18.2 Å². The molecule has 2 aliphatic rings. The monoisotopic (exact) mass is 424 g/mol. The van der Waals surface area contributed by atoms with E-state index in [1.165, 1.54) is 18.2 Å². The Bertz CT molecular complexity index is 1390. The number of rotatable bonds is 2. The van der Waals surface area contributed by atoms with E-state index in [0.717, 1.165) is 0 Å². The molecular weight excluding hydrogens is 408 g/mol. The van der Waals surface area contributed by atoms with Crippen molar-refractivity contribution in [2.24, 2.45) is 0 Å². The van der Waals surface area contributed by atoms with Crippen LogP contribution in [0.2, 0.25) is 0 Å². The van der Waals surface area contributed by atoms with E-state index >= 15 is 0 Å². The van der Waals surface area contributed by atoms with Gasteiger partial charge in [0, 0.05) is 28.8 Å². The van der Waals surface area contributed by atoms with E-state index in [0.29, 0.717) is 45.3 Å². The van der Waals surface area contributed by atoms with Crippen molar-refractivity contribution in [2.45, 2.75) is 5.60 Å². The minimum absolute atomic E-state index is 0.0384. The molecule has 0 radical (unpaired) electrons. The molecule has 6 nitrogen and oxygen atoms in total. The van der Waals surface area contributed by atoms with Gasteiger partial charge in [-0.05, 0) is 54.6 Å². The molecule has 1 spiro atoms. The first-order chi connectivity index (χ1) is 15.5. The number of benzene rings is 4. The smallest absolute Gasteiger partial charge is 0.340 e. The molecule has 6 rings (SSSR count). The molecule has 0 saturated carbocycles. The van der Waals surface area contributed by atoms with Gasteiger partial charge >= 0.3 is 5.97 Å². The number of hydrogen-bond acceptors (Lipinski definition) is 6. The van der Waals surface area contributed by atoms with Gasteiger partial charge in [0.25, 0.3) is 0 Å². The Kier molecular flexibility index (Phi) is 3.74. The van der Waals surface area contributed by atoms with Crippen molar-refractivity contribution in [1.29, 1.82) is 0 Å². The van der Waals surface area contributed by atoms with Crippen LogP contribution < -0.4 is 9.47 Å². The molecule has 0 unspecified atom stereocenters. The average molecular weight is 424 g/mol. The first kappa shape index (κ1) is 18.3. The van der Waals surface area contributed by atoms with Crippen molar-refractivity contribution in [2.75, 3.05) is 0 Å². The Balaban J connectivity index is 1.53. The highest BCUT2D eigenvalue weighted by molar-refractivity contribution is 5.97. The maximum atomic E-state index is 12.8. The zero-order chi connectivity index (χ0) is 21.9. The summed E-state index contributed by atoms with van der Waals surface area (Å²) in [6.45, 7) is 0. The van der Waals surface area contributed by atoms with Crippen LogP contribution in [0.1, 0.15) is 27.0 Å². The fourth-order valence-corrected chi connectivity index (χ4v) is 4.36. The van der Waals surface area contributed by atoms with Crippen LogP contribution in [-0.4, -0.2) is 16.2 Å². The van der Waals surface area contributed by atoms with Crippen molar-refractivity contribution in [3.05, 3.63) is 107 Å². The summed E-state index contributed by atoms with van der Waals surface area (Å²) in [7, 11) is 0. The molecular formula is C26H16O6. The third-order valence-electron chi connectivity index (χ3n) is 5.74. The molecule has 4 aromatic carbocycles. The standard InChI is InChI=1S/C26H16O6/c27-15-5-8-17(9-6-15)30-18-10-12-22-24(14-18)31-23-13-16(28)7-11-21(23)26(22)20-4-2-1-3-19(20)25(29)32-26/h1-14,27-28H/t26-/m0/s1. The average Bonchev–Trinajstić information content (AvgIpc) is 3.08. The fourth-order valence-electron chi connectivity index (χ4n) is 4.36. The van der Waals surface area contributed by atoms with E-state index in [2.05, 4.69) is 0 Å². The summed E-state index contributed by atoms with van der Waals surface area (Å²) in [6, 6.07) is 23.7. The van der Waals surface area contributed by atoms with E-state index < -0.39 is 11.6 Å². The second-order valence-electron chi connectivity index (χ2n) is 7.65. The Labute approximate surface area is 182 Å². The fraction of sp³-hybridized carbons (Fsp3) is 0.0385. The molecule has 0 aromatic heterocycles. The Hall–Kier alpha value is -4.45. The molecule has 1 atom stereocenters. The van der Waals surface area contributed by atoms with E-state index in [-0.39, 0.29) is 11.5 Å². The number of aromatic hydroxyl groups is 2. The zero-order valence-corrected chi connectivity index (χ0v) is 16.6. The molecule has 0 saturated heterocycles. The quantitative estimate of drug-likeness (QED) is 0.416. The number of phenolic OH excluding ortho intramolecular Hbond substituents is 2. The number of phenols is 2. The van der Waals surface area contributed by atoms with E-state index in [1.54, 1.807) is 48.5 Å². The second-order valence-corrected chi connectivity index (χ2v) is 7.65. The number of ether oxygens (including phenoxy) is 3. The van der Waals surface area contributed by atoms with Gasteiger partial charge < -0.3 is 24.4 Å². The van der Waals surface area contributed by atoms with Gasteiger partial charge in [0.2, 0.25) is 0 Å². The maximum Gasteiger partial charge on any atom is 0.340 e. The van der Waals surface area contributed by atoms with Gasteiger partial charge in [0.15, 0.2) is 5.60 Å². The third-order valence-corrected chi connectivity index (χ3v) is 5.74. The molecule has 0 aliphatic carbocycles. The van der Waals surface area contributed by atoms with Crippen LogP contribution in [0, 0.1) is 0 Å². The summed E-state index contributed by atoms with van der Waals surface area (Å²) >= 11 is 0. The first-order valence-electron chi connectivity index (χ1n) is 10.0. The molecule has 4 aromatic rings. The van der Waals surface area contributed by atoms with E-state index in [1.807, 2.05) is 18.2 Å². The second kappa shape index (κ2) is 6.52. The predicted molar refractivity (Wildman–Crippen MR) is 115 cm³/mol. The number of carbonyl (C=O) groups excluding carboxylic acids is 1. The van der Waals surface area contributed by atoms with Crippen LogP contribution in [-0.2, 0) is 10.3 Å². The van der Waals surface area contributed by atoms with Gasteiger partial charge in [-0.2, -0.15) is 0 Å². The molecule has 6 heteroatoms. The van der Waals surface area contributed by atoms with Crippen molar-refractivity contribution in [3.8, 4) is 34.5 Å². The summed E-state index contributed by atoms with van der Waals surface area (Å²) in [5, 5.41) is 19.5. The lowest BCUT2D eigenvalue weighted by molar-refractivity contribution is 0.0224. The molecule has 2 aliphatic heterocycles. The molecule has 32 heavy (non-hydrogen) atoms. The van der Waals surface area contributed by atoms with Crippen LogP contribution in [0.3, 0.4) is 0 Å². The summed E-state index contributed by atoms with van der Waals surface area (Å²) in [5.41, 5.74) is 1.30. The number of fused-ring (bicyclic) bond motifs is 6. The minimum Gasteiger partial charge on any atom is -0.508 e. The number of esters is 1. The Morgan fingerprint density at radius 2 is 1.34 bits per heavy atom. The number of hydrogen-bond donors (Lipinski definition) is 2. The lowest BCUT2D eigenvalue weighted by atomic mass is 9.77. The van der Waals surface area contributed by atoms with Crippen LogP contribution in [0.15, 0.2) is 84.9 Å². The van der Waals surface area contributed by atoms with E-state index in [9.17, 15) is 15.0 Å². The van der Waals surface area contributed by atoms with Gasteiger partial charge in [-0.15, -0.1) is 0 Å². The molecule has 0 fully saturated rings. The normalized spacial score (nSPS) is 17.7. The first-order valence-corrected chi connectivity index (χ1v) is 10.0. The highest BCUT2D eigenvalue weighted by atomic mass is 16.6. The molecule has 0 amide bonds. The Morgan fingerprint density at radius 3 is 2.16 bits per heavy atom. The predicted octanol–water partition coefficient (Wildman–Crippen LogP) is 5.46. The molecule has 0 bridgehead atoms. The van der Waals surface area contributed by atoms with Gasteiger partial charge in [0.1, 0.15) is 34.5 Å². The summed E-state index contributed by atoms with van der Waals surface area (Å²) < 4.78 is 18.1. The van der Waals surface area contributed by atoms with Crippen molar-refractivity contribution in [3.63, 3.8) is 0 Å². The van der Waals surface area contributed by atoms with Crippen molar-refractivity contribution in [1.82, 2.24) is 0 Å². The highest BCUT2D eigenvalue weighted by Gasteiger charge is 2.53. The van der Waals surface area contributed by atoms with Gasteiger partial charge in [-0.25, -0.2) is 4.79 Å². The topological polar surface area (TPSA) is 85.2 Å². The van der Waals surface area contributed by atoms with Crippen LogP contribution in [0.4, 0.5) is 0 Å². The highest BCUT2D eigenvalue weighted by Crippen LogP contribution is 2.57. The maximum absolute atomic E-state index is 12.8. The molecule has 2 heterocycles. The van der Waals surface area contributed by atoms with Crippen LogP contribution >= 0.6 is 0 Å². The largest absolute Gasteiger partial charge is 0.508 e. The third kappa shape index (κ3) is 2.56. The molecule has 2 N–H and O–H groups in total. The van der Waals surface area contributed by atoms with Gasteiger partial charge in [-0.3, -0.25) is 0 Å². The summed E-state index contributed by atoms with van der Waals surface area (Å²) in [5.74, 6) is 1.65. The molecule has 156 valence electrons. The zero-order valence-electron chi connectivity index (χ0n) is 16.6. The lowest BCUT2D eigenvalue weighted by Gasteiger charge is -2.36. The van der Waals surface area contributed by atoms with Crippen LogP contribution in [0.5, 0.6) is 34.5 Å². The SMILES string of the molecule is O=C1O[C@]2(c3ccc(O)cc3Oc3cc(Oc4ccc(O)cc4)ccc32)c2ccccc21. The van der Waals surface area contributed by atoms with Crippen LogP contribution in [0.25, 0.3) is 0 Å². The van der Waals surface area contributed by atoms with Gasteiger partial charge in [0.05, 0.1) is 5.56 Å².